The Bertz CT molecular complexity index is 1540. The highest BCUT2D eigenvalue weighted by molar-refractivity contribution is 6.30. The van der Waals surface area contributed by atoms with Crippen LogP contribution in [0.25, 0.3) is 0 Å². The van der Waals surface area contributed by atoms with Crippen LogP contribution in [0.15, 0.2) is 82.7 Å². The predicted molar refractivity (Wildman–Crippen MR) is 146 cm³/mol. The van der Waals surface area contributed by atoms with Crippen molar-refractivity contribution in [2.24, 2.45) is 5.10 Å². The van der Waals surface area contributed by atoms with Gasteiger partial charge in [-0.25, -0.2) is 14.5 Å². The van der Waals surface area contributed by atoms with Gasteiger partial charge in [-0.05, 0) is 54.2 Å². The van der Waals surface area contributed by atoms with E-state index in [4.69, 9.17) is 21.8 Å². The van der Waals surface area contributed by atoms with Gasteiger partial charge in [0.2, 0.25) is 5.95 Å². The maximum absolute atomic E-state index is 13.4. The Kier molecular flexibility index (Phi) is 5.97. The number of hydrazone groups is 1. The maximum atomic E-state index is 13.4. The molecule has 8 heteroatoms. The number of aliphatic hydroxyl groups excluding tert-OH is 1. The molecule has 1 spiro atoms. The van der Waals surface area contributed by atoms with Crippen LogP contribution in [0.3, 0.4) is 0 Å². The monoisotopic (exact) mass is 513 g/mol. The van der Waals surface area contributed by atoms with E-state index in [9.17, 15) is 9.90 Å². The third kappa shape index (κ3) is 4.08. The maximum Gasteiger partial charge on any atom is 0.347 e. The van der Waals surface area contributed by atoms with Crippen LogP contribution in [0.4, 0.5) is 5.95 Å². The summed E-state index contributed by atoms with van der Waals surface area (Å²) < 4.78 is 2.95. The lowest BCUT2D eigenvalue weighted by atomic mass is 9.75. The summed E-state index contributed by atoms with van der Waals surface area (Å²) in [5, 5.41) is 22.1. The number of halogens is 1. The van der Waals surface area contributed by atoms with Crippen molar-refractivity contribution in [2.75, 3.05) is 18.2 Å². The van der Waals surface area contributed by atoms with Gasteiger partial charge in [-0.15, -0.1) is 5.10 Å². The second-order valence-electron chi connectivity index (χ2n) is 9.85. The number of nitrogens with zero attached hydrogens (tertiary/aromatic N) is 5. The topological polar surface area (TPSA) is 75.7 Å². The summed E-state index contributed by atoms with van der Waals surface area (Å²) in [6, 6.07) is 24.4. The summed E-state index contributed by atoms with van der Waals surface area (Å²) in [6.45, 7) is 2.93. The smallest absolute Gasteiger partial charge is 0.347 e. The lowest BCUT2D eigenvalue weighted by Gasteiger charge is -2.27. The molecule has 0 radical (unpaired) electrons. The van der Waals surface area contributed by atoms with Gasteiger partial charge in [-0.1, -0.05) is 77.8 Å². The SMILES string of the molecule is Cc1ccc(C2=NN(c3nn(Cc4ccc(Cl)cc4)c(=O)n3CCO)C[C@@]23CCc2ccccc23)cc1. The van der Waals surface area contributed by atoms with Gasteiger partial charge in [0.05, 0.1) is 37.4 Å². The van der Waals surface area contributed by atoms with Gasteiger partial charge in [0, 0.05) is 5.02 Å². The Morgan fingerprint density at radius 2 is 1.78 bits per heavy atom. The Balaban J connectivity index is 1.45. The normalized spacial score (nSPS) is 18.5. The fourth-order valence-corrected chi connectivity index (χ4v) is 5.75. The zero-order valence-corrected chi connectivity index (χ0v) is 21.4. The molecule has 37 heavy (non-hydrogen) atoms. The minimum atomic E-state index is -0.300. The first-order chi connectivity index (χ1) is 18.0. The number of anilines is 1. The molecule has 3 aromatic carbocycles. The quantitative estimate of drug-likeness (QED) is 0.420. The predicted octanol–water partition coefficient (Wildman–Crippen LogP) is 4.16. The summed E-state index contributed by atoms with van der Waals surface area (Å²) in [5.41, 5.74) is 6.22. The van der Waals surface area contributed by atoms with Crippen LogP contribution in [-0.2, 0) is 24.9 Å². The number of benzene rings is 3. The Morgan fingerprint density at radius 1 is 1.03 bits per heavy atom. The first-order valence-corrected chi connectivity index (χ1v) is 12.9. The lowest BCUT2D eigenvalue weighted by molar-refractivity contribution is 0.274. The number of fused-ring (bicyclic) bond motifs is 2. The van der Waals surface area contributed by atoms with Crippen molar-refractivity contribution in [3.8, 4) is 0 Å². The molecule has 1 atom stereocenters. The molecular weight excluding hydrogens is 486 g/mol. The van der Waals surface area contributed by atoms with Crippen molar-refractivity contribution in [2.45, 2.75) is 38.3 Å². The van der Waals surface area contributed by atoms with Gasteiger partial charge < -0.3 is 5.11 Å². The Labute approximate surface area is 220 Å². The van der Waals surface area contributed by atoms with E-state index in [1.165, 1.54) is 25.9 Å². The molecule has 0 bridgehead atoms. The Morgan fingerprint density at radius 3 is 2.54 bits per heavy atom. The minimum Gasteiger partial charge on any atom is -0.395 e. The van der Waals surface area contributed by atoms with Gasteiger partial charge in [0.1, 0.15) is 0 Å². The highest BCUT2D eigenvalue weighted by Crippen LogP contribution is 2.46. The van der Waals surface area contributed by atoms with Crippen LogP contribution in [0.5, 0.6) is 0 Å². The van der Waals surface area contributed by atoms with Gasteiger partial charge in [-0.3, -0.25) is 4.57 Å². The molecule has 0 fully saturated rings. The largest absolute Gasteiger partial charge is 0.395 e. The average molecular weight is 514 g/mol. The standard InChI is InChI=1S/C29H28ClN5O2/c1-20-6-10-23(11-7-20)26-29(15-14-22-4-2-3-5-25(22)29)19-35(31-26)27-32-34(28(37)33(27)16-17-36)18-21-8-12-24(30)13-9-21/h2-13,36H,14-19H2,1H3/t29-/m1/s1. The van der Waals surface area contributed by atoms with Crippen molar-refractivity contribution in [1.29, 1.82) is 0 Å². The highest BCUT2D eigenvalue weighted by Gasteiger charge is 2.49. The van der Waals surface area contributed by atoms with E-state index < -0.39 is 0 Å². The second kappa shape index (κ2) is 9.32. The molecular formula is C29H28ClN5O2. The summed E-state index contributed by atoms with van der Waals surface area (Å²) in [5.74, 6) is 0.443. The number of aliphatic hydroxyl groups is 1. The van der Waals surface area contributed by atoms with Crippen molar-refractivity contribution in [1.82, 2.24) is 14.3 Å². The molecule has 0 unspecified atom stereocenters. The van der Waals surface area contributed by atoms with Crippen LogP contribution in [0, 0.1) is 6.92 Å². The van der Waals surface area contributed by atoms with Crippen LogP contribution in [0.2, 0.25) is 5.02 Å². The van der Waals surface area contributed by atoms with Crippen LogP contribution in [0.1, 0.15) is 34.2 Å². The van der Waals surface area contributed by atoms with E-state index in [1.807, 2.05) is 17.1 Å². The van der Waals surface area contributed by atoms with E-state index in [0.29, 0.717) is 24.1 Å². The first-order valence-electron chi connectivity index (χ1n) is 12.5. The third-order valence-corrected chi connectivity index (χ3v) is 7.73. The van der Waals surface area contributed by atoms with Crippen molar-refractivity contribution in [3.05, 3.63) is 116 Å². The summed E-state index contributed by atoms with van der Waals surface area (Å²) in [4.78, 5) is 13.4. The van der Waals surface area contributed by atoms with Crippen LogP contribution in [-0.4, -0.2) is 38.3 Å². The number of hydrogen-bond acceptors (Lipinski definition) is 5. The van der Waals surface area contributed by atoms with E-state index in [0.717, 1.165) is 29.7 Å². The molecule has 0 saturated heterocycles. The van der Waals surface area contributed by atoms with Gasteiger partial charge in [0.15, 0.2) is 0 Å². The summed E-state index contributed by atoms with van der Waals surface area (Å²) >= 11 is 6.03. The van der Waals surface area contributed by atoms with Crippen molar-refractivity contribution in [3.63, 3.8) is 0 Å². The molecule has 2 aliphatic rings. The molecule has 7 nitrogen and oxygen atoms in total. The average Bonchev–Trinajstić information content (AvgIpc) is 3.57. The number of rotatable bonds is 6. The van der Waals surface area contributed by atoms with Crippen LogP contribution < -0.4 is 10.7 Å². The fraction of sp³-hybridized carbons (Fsp3) is 0.276. The fourth-order valence-electron chi connectivity index (χ4n) is 5.62. The van der Waals surface area contributed by atoms with E-state index in [-0.39, 0.29) is 24.3 Å². The van der Waals surface area contributed by atoms with Crippen molar-refractivity contribution < 1.29 is 5.11 Å². The zero-order valence-electron chi connectivity index (χ0n) is 20.6. The molecule has 188 valence electrons. The molecule has 2 heterocycles. The van der Waals surface area contributed by atoms with E-state index in [2.05, 4.69) is 55.5 Å². The van der Waals surface area contributed by atoms with Crippen LogP contribution >= 0.6 is 11.6 Å². The Hall–Kier alpha value is -3.68. The number of hydrogen-bond donors (Lipinski definition) is 1. The summed E-state index contributed by atoms with van der Waals surface area (Å²) in [7, 11) is 0. The van der Waals surface area contributed by atoms with E-state index in [1.54, 1.807) is 12.1 Å². The minimum absolute atomic E-state index is 0.143. The van der Waals surface area contributed by atoms with E-state index >= 15 is 0 Å². The lowest BCUT2D eigenvalue weighted by Crippen LogP contribution is -2.37. The number of aromatic nitrogens is 3. The number of aryl methyl sites for hydroxylation is 2. The molecule has 1 aromatic heterocycles. The molecule has 1 N–H and O–H groups in total. The second-order valence-corrected chi connectivity index (χ2v) is 10.3. The van der Waals surface area contributed by atoms with Crippen molar-refractivity contribution >= 4 is 23.3 Å². The molecule has 4 aromatic rings. The van der Waals surface area contributed by atoms with Gasteiger partial charge >= 0.3 is 5.69 Å². The third-order valence-electron chi connectivity index (χ3n) is 7.48. The first kappa shape index (κ1) is 23.7. The van der Waals surface area contributed by atoms with Gasteiger partial charge in [0.25, 0.3) is 0 Å². The molecule has 0 amide bonds. The summed E-state index contributed by atoms with van der Waals surface area (Å²) in [6.07, 6.45) is 1.91. The molecule has 1 aliphatic carbocycles. The highest BCUT2D eigenvalue weighted by atomic mass is 35.5. The molecule has 1 aliphatic heterocycles. The zero-order chi connectivity index (χ0) is 25.6. The molecule has 0 saturated carbocycles. The molecule has 6 rings (SSSR count). The van der Waals surface area contributed by atoms with Gasteiger partial charge in [-0.2, -0.15) is 5.10 Å².